The Hall–Kier alpha value is -2.60. The fraction of sp³-hybridized carbons (Fsp3) is 0.368. The van der Waals surface area contributed by atoms with Crippen LogP contribution in [0.1, 0.15) is 33.7 Å². The van der Waals surface area contributed by atoms with Crippen LogP contribution in [-0.4, -0.2) is 39.3 Å². The Kier molecular flexibility index (Phi) is 4.05. The lowest BCUT2D eigenvalue weighted by atomic mass is 10.1. The summed E-state index contributed by atoms with van der Waals surface area (Å²) in [6.45, 7) is 5.62. The van der Waals surface area contributed by atoms with Gasteiger partial charge in [-0.25, -0.2) is 4.79 Å². The van der Waals surface area contributed by atoms with Gasteiger partial charge < -0.3 is 9.72 Å². The second-order valence-corrected chi connectivity index (χ2v) is 6.61. The van der Waals surface area contributed by atoms with Gasteiger partial charge in [0.05, 0.1) is 12.8 Å². The van der Waals surface area contributed by atoms with E-state index in [1.165, 1.54) is 29.1 Å². The van der Waals surface area contributed by atoms with E-state index in [9.17, 15) is 4.79 Å². The Morgan fingerprint density at radius 2 is 2.24 bits per heavy atom. The van der Waals surface area contributed by atoms with Gasteiger partial charge in [-0.1, -0.05) is 18.2 Å². The SMILES string of the molecule is COC(=O)c1cc2n(n1)CCCN(Cc1c[nH]c3c(C)cccc13)C2. The molecule has 0 saturated heterocycles. The van der Waals surface area contributed by atoms with E-state index in [-0.39, 0.29) is 5.97 Å². The molecule has 6 heteroatoms. The molecule has 0 atom stereocenters. The summed E-state index contributed by atoms with van der Waals surface area (Å²) in [5.74, 6) is -0.376. The quantitative estimate of drug-likeness (QED) is 0.746. The average Bonchev–Trinajstić information content (AvgIpc) is 3.15. The van der Waals surface area contributed by atoms with Crippen LogP contribution in [0.15, 0.2) is 30.5 Å². The Morgan fingerprint density at radius 1 is 1.36 bits per heavy atom. The highest BCUT2D eigenvalue weighted by molar-refractivity contribution is 5.87. The molecule has 1 N–H and O–H groups in total. The molecule has 0 aliphatic carbocycles. The molecule has 3 aromatic rings. The van der Waals surface area contributed by atoms with Crippen molar-refractivity contribution < 1.29 is 9.53 Å². The first-order valence-electron chi connectivity index (χ1n) is 8.58. The normalized spacial score (nSPS) is 15.1. The molecule has 1 aliphatic heterocycles. The van der Waals surface area contributed by atoms with E-state index in [0.717, 1.165) is 38.3 Å². The third-order valence-corrected chi connectivity index (χ3v) is 4.89. The number of fused-ring (bicyclic) bond motifs is 2. The molecule has 3 heterocycles. The minimum absolute atomic E-state index is 0.376. The molecule has 6 nitrogen and oxygen atoms in total. The zero-order valence-corrected chi connectivity index (χ0v) is 14.6. The third-order valence-electron chi connectivity index (χ3n) is 4.89. The lowest BCUT2D eigenvalue weighted by Gasteiger charge is -2.19. The third kappa shape index (κ3) is 2.93. The Morgan fingerprint density at radius 3 is 3.08 bits per heavy atom. The van der Waals surface area contributed by atoms with E-state index < -0.39 is 0 Å². The molecule has 0 saturated carbocycles. The number of hydrogen-bond donors (Lipinski definition) is 1. The van der Waals surface area contributed by atoms with Crippen LogP contribution in [0.2, 0.25) is 0 Å². The summed E-state index contributed by atoms with van der Waals surface area (Å²) < 4.78 is 6.72. The van der Waals surface area contributed by atoms with Crippen LogP contribution < -0.4 is 0 Å². The van der Waals surface area contributed by atoms with Gasteiger partial charge in [0.2, 0.25) is 0 Å². The zero-order chi connectivity index (χ0) is 17.4. The number of benzene rings is 1. The largest absolute Gasteiger partial charge is 0.464 e. The van der Waals surface area contributed by atoms with Crippen molar-refractivity contribution in [3.63, 3.8) is 0 Å². The summed E-state index contributed by atoms with van der Waals surface area (Å²) >= 11 is 0. The smallest absolute Gasteiger partial charge is 0.358 e. The fourth-order valence-corrected chi connectivity index (χ4v) is 3.60. The van der Waals surface area contributed by atoms with Gasteiger partial charge in [-0.2, -0.15) is 5.10 Å². The van der Waals surface area contributed by atoms with Crippen molar-refractivity contribution in [1.82, 2.24) is 19.7 Å². The van der Waals surface area contributed by atoms with Gasteiger partial charge in [-0.15, -0.1) is 0 Å². The molecule has 1 aromatic carbocycles. The number of aromatic nitrogens is 3. The van der Waals surface area contributed by atoms with Crippen molar-refractivity contribution in [3.05, 3.63) is 53.0 Å². The molecule has 25 heavy (non-hydrogen) atoms. The van der Waals surface area contributed by atoms with Crippen molar-refractivity contribution in [2.45, 2.75) is 33.0 Å². The molecule has 0 amide bonds. The van der Waals surface area contributed by atoms with Gasteiger partial charge in [0, 0.05) is 43.3 Å². The van der Waals surface area contributed by atoms with Crippen LogP contribution >= 0.6 is 0 Å². The first-order chi connectivity index (χ1) is 12.2. The van der Waals surface area contributed by atoms with E-state index >= 15 is 0 Å². The minimum atomic E-state index is -0.376. The van der Waals surface area contributed by atoms with E-state index in [4.69, 9.17) is 4.74 Å². The zero-order valence-electron chi connectivity index (χ0n) is 14.6. The number of hydrogen-bond acceptors (Lipinski definition) is 4. The molecule has 0 fully saturated rings. The molecule has 0 radical (unpaired) electrons. The summed E-state index contributed by atoms with van der Waals surface area (Å²) in [7, 11) is 1.39. The van der Waals surface area contributed by atoms with Crippen LogP contribution in [0.4, 0.5) is 0 Å². The number of aromatic amines is 1. The van der Waals surface area contributed by atoms with Crippen LogP contribution in [0.25, 0.3) is 10.9 Å². The maximum Gasteiger partial charge on any atom is 0.358 e. The Balaban J connectivity index is 1.58. The summed E-state index contributed by atoms with van der Waals surface area (Å²) in [5.41, 5.74) is 5.24. The number of rotatable bonds is 3. The summed E-state index contributed by atoms with van der Waals surface area (Å²) in [4.78, 5) is 17.5. The lowest BCUT2D eigenvalue weighted by molar-refractivity contribution is 0.0593. The molecule has 4 rings (SSSR count). The van der Waals surface area contributed by atoms with Gasteiger partial charge in [-0.05, 0) is 30.5 Å². The van der Waals surface area contributed by atoms with Crippen molar-refractivity contribution >= 4 is 16.9 Å². The molecule has 0 bridgehead atoms. The lowest BCUT2D eigenvalue weighted by Crippen LogP contribution is -2.22. The summed E-state index contributed by atoms with van der Waals surface area (Å²) in [6.07, 6.45) is 3.12. The molecular weight excluding hydrogens is 316 g/mol. The highest BCUT2D eigenvalue weighted by Crippen LogP contribution is 2.24. The predicted octanol–water partition coefficient (Wildman–Crippen LogP) is 2.87. The molecule has 1 aliphatic rings. The van der Waals surface area contributed by atoms with Crippen molar-refractivity contribution in [1.29, 1.82) is 0 Å². The number of para-hydroxylation sites is 1. The Bertz CT molecular complexity index is 925. The van der Waals surface area contributed by atoms with Crippen LogP contribution in [0.3, 0.4) is 0 Å². The van der Waals surface area contributed by atoms with E-state index in [2.05, 4.69) is 46.3 Å². The first kappa shape index (κ1) is 15.9. The number of carbonyl (C=O) groups excluding carboxylic acids is 1. The highest BCUT2D eigenvalue weighted by atomic mass is 16.5. The maximum atomic E-state index is 11.7. The van der Waals surface area contributed by atoms with E-state index in [1.807, 2.05) is 10.7 Å². The monoisotopic (exact) mass is 338 g/mol. The van der Waals surface area contributed by atoms with Gasteiger partial charge in [-0.3, -0.25) is 9.58 Å². The Labute approximate surface area is 146 Å². The van der Waals surface area contributed by atoms with Gasteiger partial charge in [0.15, 0.2) is 5.69 Å². The molecule has 2 aromatic heterocycles. The standard InChI is InChI=1S/C19H22N4O2/c1-13-5-3-6-16-14(10-20-18(13)16)11-22-7-4-8-23-15(12-22)9-17(21-23)19(24)25-2/h3,5-6,9-10,20H,4,7-8,11-12H2,1-2H3. The minimum Gasteiger partial charge on any atom is -0.464 e. The molecule has 0 spiro atoms. The maximum absolute atomic E-state index is 11.7. The summed E-state index contributed by atoms with van der Waals surface area (Å²) in [6, 6.07) is 8.26. The van der Waals surface area contributed by atoms with E-state index in [0.29, 0.717) is 5.69 Å². The number of nitrogens with one attached hydrogen (secondary N) is 1. The number of H-pyrrole nitrogens is 1. The van der Waals surface area contributed by atoms with Crippen molar-refractivity contribution in [3.8, 4) is 0 Å². The van der Waals surface area contributed by atoms with Crippen LogP contribution in [0.5, 0.6) is 0 Å². The number of carbonyl (C=O) groups is 1. The molecule has 0 unspecified atom stereocenters. The molecular formula is C19H22N4O2. The number of methoxy groups -OCH3 is 1. The van der Waals surface area contributed by atoms with Gasteiger partial charge in [0.25, 0.3) is 0 Å². The van der Waals surface area contributed by atoms with E-state index in [1.54, 1.807) is 0 Å². The van der Waals surface area contributed by atoms with Crippen molar-refractivity contribution in [2.75, 3.05) is 13.7 Å². The topological polar surface area (TPSA) is 63.2 Å². The summed E-state index contributed by atoms with van der Waals surface area (Å²) in [5, 5.41) is 5.67. The second kappa shape index (κ2) is 6.37. The van der Waals surface area contributed by atoms with Gasteiger partial charge in [0.1, 0.15) is 0 Å². The number of nitrogens with zero attached hydrogens (tertiary/aromatic N) is 3. The number of aryl methyl sites for hydroxylation is 2. The number of esters is 1. The predicted molar refractivity (Wildman–Crippen MR) is 95.3 cm³/mol. The van der Waals surface area contributed by atoms with Crippen LogP contribution in [0, 0.1) is 6.92 Å². The number of ether oxygens (including phenoxy) is 1. The van der Waals surface area contributed by atoms with Crippen molar-refractivity contribution in [2.24, 2.45) is 0 Å². The average molecular weight is 338 g/mol. The van der Waals surface area contributed by atoms with Gasteiger partial charge >= 0.3 is 5.97 Å². The highest BCUT2D eigenvalue weighted by Gasteiger charge is 2.20. The first-order valence-corrected chi connectivity index (χ1v) is 8.58. The fourth-order valence-electron chi connectivity index (χ4n) is 3.60. The van der Waals surface area contributed by atoms with Crippen LogP contribution in [-0.2, 0) is 24.4 Å². The second-order valence-electron chi connectivity index (χ2n) is 6.61. The molecule has 130 valence electrons.